The molecule has 7 heteroatoms. The van der Waals surface area contributed by atoms with Crippen LogP contribution in [0.1, 0.15) is 18.4 Å². The highest BCUT2D eigenvalue weighted by Gasteiger charge is 2.28. The van der Waals surface area contributed by atoms with Gasteiger partial charge in [-0.2, -0.15) is 0 Å². The molecule has 30 heavy (non-hydrogen) atoms. The van der Waals surface area contributed by atoms with Crippen molar-refractivity contribution in [1.29, 1.82) is 0 Å². The predicted molar refractivity (Wildman–Crippen MR) is 116 cm³/mol. The lowest BCUT2D eigenvalue weighted by Crippen LogP contribution is -2.42. The van der Waals surface area contributed by atoms with Crippen LogP contribution < -0.4 is 5.32 Å². The molecule has 0 fully saturated rings. The standard InChI is InChI=1S/C23H26N4O3/c1-16-6-8-17(9-7-16)20-11-10-19(13-24-20)25-21(29)14-27-12-4-5-18(15-28)22(27)23(30)26(2)3/h6-11,13,15H,4-5,12,14H2,1-3H3,(H,25,29). The Morgan fingerprint density at radius 3 is 2.50 bits per heavy atom. The molecule has 0 aliphatic carbocycles. The maximum Gasteiger partial charge on any atom is 0.270 e. The van der Waals surface area contributed by atoms with Gasteiger partial charge in [-0.3, -0.25) is 19.4 Å². The Labute approximate surface area is 176 Å². The number of allylic oxidation sites excluding steroid dienone is 1. The summed E-state index contributed by atoms with van der Waals surface area (Å²) in [6.45, 7) is 2.57. The fourth-order valence-electron chi connectivity index (χ4n) is 3.39. The molecule has 0 spiro atoms. The largest absolute Gasteiger partial charge is 0.357 e. The third kappa shape index (κ3) is 4.92. The highest BCUT2D eigenvalue weighted by Crippen LogP contribution is 2.23. The summed E-state index contributed by atoms with van der Waals surface area (Å²) in [4.78, 5) is 44.1. The topological polar surface area (TPSA) is 82.6 Å². The molecule has 3 rings (SSSR count). The first kappa shape index (κ1) is 21.2. The molecule has 1 aromatic heterocycles. The average Bonchev–Trinajstić information content (AvgIpc) is 2.74. The zero-order valence-corrected chi connectivity index (χ0v) is 17.5. The smallest absolute Gasteiger partial charge is 0.270 e. The van der Waals surface area contributed by atoms with Crippen molar-refractivity contribution in [3.8, 4) is 11.3 Å². The molecule has 156 valence electrons. The van der Waals surface area contributed by atoms with Crippen LogP contribution in [0.5, 0.6) is 0 Å². The third-order valence-corrected chi connectivity index (χ3v) is 4.97. The molecule has 7 nitrogen and oxygen atoms in total. The number of nitrogens with one attached hydrogen (secondary N) is 1. The number of anilines is 1. The Hall–Kier alpha value is -3.48. The van der Waals surface area contributed by atoms with Crippen molar-refractivity contribution in [1.82, 2.24) is 14.8 Å². The molecule has 0 saturated carbocycles. The fraction of sp³-hybridized carbons (Fsp3) is 0.304. The summed E-state index contributed by atoms with van der Waals surface area (Å²) in [6, 6.07) is 11.7. The van der Waals surface area contributed by atoms with Gasteiger partial charge in [-0.1, -0.05) is 29.8 Å². The van der Waals surface area contributed by atoms with Gasteiger partial charge in [-0.05, 0) is 31.9 Å². The number of benzene rings is 1. The summed E-state index contributed by atoms with van der Waals surface area (Å²) < 4.78 is 0. The minimum atomic E-state index is -0.270. The quantitative estimate of drug-likeness (QED) is 0.746. The van der Waals surface area contributed by atoms with Gasteiger partial charge in [0.15, 0.2) is 0 Å². The first-order valence-corrected chi connectivity index (χ1v) is 9.87. The van der Waals surface area contributed by atoms with Gasteiger partial charge in [-0.25, -0.2) is 0 Å². The van der Waals surface area contributed by atoms with E-state index in [4.69, 9.17) is 0 Å². The second-order valence-electron chi connectivity index (χ2n) is 7.56. The van der Waals surface area contributed by atoms with Crippen molar-refractivity contribution in [3.63, 3.8) is 0 Å². The Bertz CT molecular complexity index is 963. The van der Waals surface area contributed by atoms with Crippen molar-refractivity contribution in [2.45, 2.75) is 19.8 Å². The number of carbonyl (C=O) groups is 3. The highest BCUT2D eigenvalue weighted by molar-refractivity contribution is 6.00. The second-order valence-corrected chi connectivity index (χ2v) is 7.56. The zero-order valence-electron chi connectivity index (χ0n) is 17.5. The zero-order chi connectivity index (χ0) is 21.7. The molecule has 2 aromatic rings. The molecule has 2 heterocycles. The van der Waals surface area contributed by atoms with Crippen LogP contribution >= 0.6 is 0 Å². The number of aryl methyl sites for hydroxylation is 1. The summed E-state index contributed by atoms with van der Waals surface area (Å²) in [6.07, 6.45) is 3.59. The van der Waals surface area contributed by atoms with E-state index in [2.05, 4.69) is 10.3 Å². The van der Waals surface area contributed by atoms with Crippen LogP contribution in [0.3, 0.4) is 0 Å². The van der Waals surface area contributed by atoms with E-state index in [0.717, 1.165) is 17.7 Å². The van der Waals surface area contributed by atoms with Crippen LogP contribution in [-0.2, 0) is 14.4 Å². The van der Waals surface area contributed by atoms with E-state index in [1.807, 2.05) is 37.3 Å². The van der Waals surface area contributed by atoms with Gasteiger partial charge in [0.2, 0.25) is 5.91 Å². The molecule has 0 atom stereocenters. The number of rotatable bonds is 6. The van der Waals surface area contributed by atoms with Gasteiger partial charge >= 0.3 is 0 Å². The predicted octanol–water partition coefficient (Wildman–Crippen LogP) is 2.63. The molecule has 1 N–H and O–H groups in total. The average molecular weight is 406 g/mol. The van der Waals surface area contributed by atoms with Crippen LogP contribution in [0.25, 0.3) is 11.3 Å². The molecular formula is C23H26N4O3. The van der Waals surface area contributed by atoms with Crippen molar-refractivity contribution >= 4 is 23.8 Å². The molecule has 1 aliphatic heterocycles. The van der Waals surface area contributed by atoms with Crippen LogP contribution in [0.2, 0.25) is 0 Å². The number of nitrogens with zero attached hydrogens (tertiary/aromatic N) is 3. The van der Waals surface area contributed by atoms with E-state index in [1.54, 1.807) is 31.3 Å². The van der Waals surface area contributed by atoms with Crippen LogP contribution in [0.4, 0.5) is 5.69 Å². The summed E-state index contributed by atoms with van der Waals surface area (Å²) >= 11 is 0. The Morgan fingerprint density at radius 1 is 1.17 bits per heavy atom. The monoisotopic (exact) mass is 406 g/mol. The van der Waals surface area contributed by atoms with Gasteiger partial charge in [0, 0.05) is 31.8 Å². The lowest BCUT2D eigenvalue weighted by Gasteiger charge is -2.32. The maximum absolute atomic E-state index is 12.6. The van der Waals surface area contributed by atoms with Gasteiger partial charge < -0.3 is 15.1 Å². The Kier molecular flexibility index (Phi) is 6.61. The summed E-state index contributed by atoms with van der Waals surface area (Å²) in [5.41, 5.74) is 4.33. The molecule has 1 aliphatic rings. The number of hydrogen-bond donors (Lipinski definition) is 1. The van der Waals surface area contributed by atoms with Crippen molar-refractivity contribution < 1.29 is 14.4 Å². The minimum absolute atomic E-state index is 0.00797. The molecule has 0 unspecified atom stereocenters. The highest BCUT2D eigenvalue weighted by atomic mass is 16.2. The van der Waals surface area contributed by atoms with Crippen molar-refractivity contribution in [3.05, 3.63) is 59.4 Å². The maximum atomic E-state index is 12.6. The van der Waals surface area contributed by atoms with E-state index < -0.39 is 0 Å². The molecular weight excluding hydrogens is 380 g/mol. The van der Waals surface area contributed by atoms with Gasteiger partial charge in [0.05, 0.1) is 24.1 Å². The fourth-order valence-corrected chi connectivity index (χ4v) is 3.39. The number of likely N-dealkylation sites (N-methyl/N-ethyl adjacent to an activating group) is 1. The number of carbonyl (C=O) groups excluding carboxylic acids is 3. The van der Waals surface area contributed by atoms with Crippen LogP contribution in [0, 0.1) is 6.92 Å². The van der Waals surface area contributed by atoms with E-state index >= 15 is 0 Å². The Morgan fingerprint density at radius 2 is 1.90 bits per heavy atom. The summed E-state index contributed by atoms with van der Waals surface area (Å²) in [7, 11) is 3.26. The summed E-state index contributed by atoms with van der Waals surface area (Å²) in [5.74, 6) is -0.537. The van der Waals surface area contributed by atoms with E-state index in [-0.39, 0.29) is 18.4 Å². The normalized spacial score (nSPS) is 13.8. The number of aromatic nitrogens is 1. The first-order valence-electron chi connectivity index (χ1n) is 9.87. The minimum Gasteiger partial charge on any atom is -0.357 e. The van der Waals surface area contributed by atoms with Gasteiger partial charge in [0.1, 0.15) is 12.0 Å². The third-order valence-electron chi connectivity index (χ3n) is 4.97. The second kappa shape index (κ2) is 9.35. The molecule has 2 amide bonds. The molecule has 0 saturated heterocycles. The SMILES string of the molecule is Cc1ccc(-c2ccc(NC(=O)CN3CCCC(C=O)=C3C(=O)N(C)C)cn2)cc1. The molecule has 0 bridgehead atoms. The van der Waals surface area contributed by atoms with E-state index in [0.29, 0.717) is 36.2 Å². The number of aldehydes is 1. The molecule has 1 aromatic carbocycles. The number of hydrogen-bond acceptors (Lipinski definition) is 5. The van der Waals surface area contributed by atoms with E-state index in [1.165, 1.54) is 10.5 Å². The van der Waals surface area contributed by atoms with Crippen LogP contribution in [-0.4, -0.2) is 60.1 Å². The lowest BCUT2D eigenvalue weighted by molar-refractivity contribution is -0.127. The van der Waals surface area contributed by atoms with Gasteiger partial charge in [-0.15, -0.1) is 0 Å². The molecule has 0 radical (unpaired) electrons. The van der Waals surface area contributed by atoms with Crippen LogP contribution in [0.15, 0.2) is 53.9 Å². The van der Waals surface area contributed by atoms with Crippen molar-refractivity contribution in [2.24, 2.45) is 0 Å². The number of amides is 2. The Balaban J connectivity index is 1.69. The first-order chi connectivity index (χ1) is 14.4. The lowest BCUT2D eigenvalue weighted by atomic mass is 10.0. The van der Waals surface area contributed by atoms with E-state index in [9.17, 15) is 14.4 Å². The van der Waals surface area contributed by atoms with Crippen molar-refractivity contribution in [2.75, 3.05) is 32.5 Å². The van der Waals surface area contributed by atoms with Gasteiger partial charge in [0.25, 0.3) is 5.91 Å². The summed E-state index contributed by atoms with van der Waals surface area (Å²) in [5, 5.41) is 2.82. The number of pyridine rings is 1.